The predicted molar refractivity (Wildman–Crippen MR) is 112 cm³/mol. The van der Waals surface area contributed by atoms with Crippen molar-refractivity contribution >= 4 is 34.8 Å². The van der Waals surface area contributed by atoms with E-state index in [1.807, 2.05) is 41.3 Å². The van der Waals surface area contributed by atoms with E-state index in [0.29, 0.717) is 23.3 Å². The zero-order valence-electron chi connectivity index (χ0n) is 15.7. The standard InChI is InChI=1S/C22H24ClN3O2/c23-18-5-1-16(2-6-18)15-21(27)24-19-7-9-20(10-8-19)25-11-13-26(14-12-25)22(28)17-3-4-17/h1-2,5-10,17H,3-4,11-15H2,(H,24,27). The normalized spacial score (nSPS) is 16.8. The summed E-state index contributed by atoms with van der Waals surface area (Å²) in [6.07, 6.45) is 2.43. The zero-order valence-corrected chi connectivity index (χ0v) is 16.5. The lowest BCUT2D eigenvalue weighted by Gasteiger charge is -2.36. The number of carbonyl (C=O) groups excluding carboxylic acids is 2. The molecule has 28 heavy (non-hydrogen) atoms. The molecule has 5 nitrogen and oxygen atoms in total. The Bertz CT molecular complexity index is 839. The van der Waals surface area contributed by atoms with E-state index in [1.54, 1.807) is 12.1 Å². The first-order chi connectivity index (χ1) is 13.6. The van der Waals surface area contributed by atoms with Crippen LogP contribution in [0.15, 0.2) is 48.5 Å². The third kappa shape index (κ3) is 4.65. The van der Waals surface area contributed by atoms with Crippen molar-refractivity contribution in [3.63, 3.8) is 0 Å². The monoisotopic (exact) mass is 397 g/mol. The average Bonchev–Trinajstić information content (AvgIpc) is 3.55. The molecule has 0 aromatic heterocycles. The van der Waals surface area contributed by atoms with Crippen LogP contribution in [0.2, 0.25) is 5.02 Å². The van der Waals surface area contributed by atoms with Crippen LogP contribution in [0.3, 0.4) is 0 Å². The van der Waals surface area contributed by atoms with E-state index in [0.717, 1.165) is 56.0 Å². The van der Waals surface area contributed by atoms with Gasteiger partial charge in [-0.15, -0.1) is 0 Å². The van der Waals surface area contributed by atoms with Crippen LogP contribution < -0.4 is 10.2 Å². The minimum atomic E-state index is -0.0534. The maximum Gasteiger partial charge on any atom is 0.228 e. The molecule has 1 aliphatic carbocycles. The summed E-state index contributed by atoms with van der Waals surface area (Å²) in [7, 11) is 0. The number of benzene rings is 2. The van der Waals surface area contributed by atoms with Crippen LogP contribution >= 0.6 is 11.6 Å². The Morgan fingerprint density at radius 1 is 0.929 bits per heavy atom. The van der Waals surface area contributed by atoms with Crippen LogP contribution in [0.4, 0.5) is 11.4 Å². The summed E-state index contributed by atoms with van der Waals surface area (Å²) < 4.78 is 0. The third-order valence-corrected chi connectivity index (χ3v) is 5.56. The Labute approximate surface area is 170 Å². The lowest BCUT2D eigenvalue weighted by atomic mass is 10.1. The van der Waals surface area contributed by atoms with Crippen molar-refractivity contribution in [2.24, 2.45) is 5.92 Å². The summed E-state index contributed by atoms with van der Waals surface area (Å²) in [6.45, 7) is 3.27. The van der Waals surface area contributed by atoms with Crippen molar-refractivity contribution in [2.45, 2.75) is 19.3 Å². The van der Waals surface area contributed by atoms with Gasteiger partial charge in [0.25, 0.3) is 0 Å². The minimum absolute atomic E-state index is 0.0534. The van der Waals surface area contributed by atoms with E-state index in [-0.39, 0.29) is 5.91 Å². The highest BCUT2D eigenvalue weighted by Gasteiger charge is 2.34. The molecule has 0 radical (unpaired) electrons. The molecule has 1 N–H and O–H groups in total. The van der Waals surface area contributed by atoms with Crippen LogP contribution in [0.5, 0.6) is 0 Å². The number of halogens is 1. The highest BCUT2D eigenvalue weighted by atomic mass is 35.5. The van der Waals surface area contributed by atoms with E-state index >= 15 is 0 Å². The van der Waals surface area contributed by atoms with Crippen molar-refractivity contribution in [2.75, 3.05) is 36.4 Å². The second kappa shape index (κ2) is 8.23. The van der Waals surface area contributed by atoms with Crippen LogP contribution in [-0.4, -0.2) is 42.9 Å². The van der Waals surface area contributed by atoms with Crippen molar-refractivity contribution in [3.05, 3.63) is 59.1 Å². The van der Waals surface area contributed by atoms with Gasteiger partial charge >= 0.3 is 0 Å². The van der Waals surface area contributed by atoms with Gasteiger partial charge in [0.2, 0.25) is 11.8 Å². The molecule has 1 saturated heterocycles. The molecule has 146 valence electrons. The number of anilines is 2. The van der Waals surface area contributed by atoms with Gasteiger partial charge < -0.3 is 15.1 Å². The maximum absolute atomic E-state index is 12.2. The molecule has 6 heteroatoms. The number of hydrogen-bond acceptors (Lipinski definition) is 3. The van der Waals surface area contributed by atoms with Crippen LogP contribution in [-0.2, 0) is 16.0 Å². The number of nitrogens with zero attached hydrogens (tertiary/aromatic N) is 2. The van der Waals surface area contributed by atoms with Gasteiger partial charge in [0.15, 0.2) is 0 Å². The van der Waals surface area contributed by atoms with E-state index in [2.05, 4.69) is 10.2 Å². The number of hydrogen-bond donors (Lipinski definition) is 1. The molecular weight excluding hydrogens is 374 g/mol. The first-order valence-corrected chi connectivity index (χ1v) is 10.1. The fourth-order valence-electron chi connectivity index (χ4n) is 3.52. The summed E-state index contributed by atoms with van der Waals surface area (Å²) in [6, 6.07) is 15.2. The molecular formula is C22H24ClN3O2. The second-order valence-corrected chi connectivity index (χ2v) is 7.92. The molecule has 1 saturated carbocycles. The highest BCUT2D eigenvalue weighted by Crippen LogP contribution is 2.31. The maximum atomic E-state index is 12.2. The molecule has 2 fully saturated rings. The number of amides is 2. The molecule has 0 unspecified atom stereocenters. The number of rotatable bonds is 5. The summed E-state index contributed by atoms with van der Waals surface area (Å²) in [5, 5.41) is 3.60. The lowest BCUT2D eigenvalue weighted by Crippen LogP contribution is -2.49. The van der Waals surface area contributed by atoms with E-state index in [1.165, 1.54) is 0 Å². The Kier molecular flexibility index (Phi) is 5.53. The predicted octanol–water partition coefficient (Wildman–Crippen LogP) is 3.58. The summed E-state index contributed by atoms with van der Waals surface area (Å²) >= 11 is 5.87. The van der Waals surface area contributed by atoms with Gasteiger partial charge in [-0.05, 0) is 54.8 Å². The number of piperazine rings is 1. The van der Waals surface area contributed by atoms with Crippen molar-refractivity contribution < 1.29 is 9.59 Å². The average molecular weight is 398 g/mol. The summed E-state index contributed by atoms with van der Waals surface area (Å²) in [5.41, 5.74) is 2.83. The molecule has 2 amide bonds. The van der Waals surface area contributed by atoms with Gasteiger partial charge in [0, 0.05) is 48.5 Å². The van der Waals surface area contributed by atoms with E-state index in [4.69, 9.17) is 11.6 Å². The second-order valence-electron chi connectivity index (χ2n) is 7.48. The fraction of sp³-hybridized carbons (Fsp3) is 0.364. The highest BCUT2D eigenvalue weighted by molar-refractivity contribution is 6.30. The smallest absolute Gasteiger partial charge is 0.228 e. The van der Waals surface area contributed by atoms with Crippen LogP contribution in [0.1, 0.15) is 18.4 Å². The molecule has 2 aromatic carbocycles. The summed E-state index contributed by atoms with van der Waals surface area (Å²) in [4.78, 5) is 28.7. The van der Waals surface area contributed by atoms with Crippen molar-refractivity contribution in [1.82, 2.24) is 4.90 Å². The third-order valence-electron chi connectivity index (χ3n) is 5.31. The van der Waals surface area contributed by atoms with Gasteiger partial charge in [0.05, 0.1) is 6.42 Å². The van der Waals surface area contributed by atoms with Crippen LogP contribution in [0.25, 0.3) is 0 Å². The molecule has 4 rings (SSSR count). The number of carbonyl (C=O) groups is 2. The van der Waals surface area contributed by atoms with Crippen molar-refractivity contribution in [3.8, 4) is 0 Å². The van der Waals surface area contributed by atoms with Crippen LogP contribution in [0, 0.1) is 5.92 Å². The summed E-state index contributed by atoms with van der Waals surface area (Å²) in [5.74, 6) is 0.572. The van der Waals surface area contributed by atoms with Crippen molar-refractivity contribution in [1.29, 1.82) is 0 Å². The largest absolute Gasteiger partial charge is 0.368 e. The molecule has 1 aliphatic heterocycles. The molecule has 0 atom stereocenters. The van der Waals surface area contributed by atoms with Gasteiger partial charge in [-0.1, -0.05) is 23.7 Å². The van der Waals surface area contributed by atoms with Gasteiger partial charge in [-0.2, -0.15) is 0 Å². The zero-order chi connectivity index (χ0) is 19.5. The topological polar surface area (TPSA) is 52.7 Å². The molecule has 1 heterocycles. The Morgan fingerprint density at radius 2 is 1.57 bits per heavy atom. The lowest BCUT2D eigenvalue weighted by molar-refractivity contribution is -0.132. The minimum Gasteiger partial charge on any atom is -0.368 e. The first kappa shape index (κ1) is 18.8. The van der Waals surface area contributed by atoms with Gasteiger partial charge in [0.1, 0.15) is 0 Å². The van der Waals surface area contributed by atoms with E-state index in [9.17, 15) is 9.59 Å². The Morgan fingerprint density at radius 3 is 2.18 bits per heavy atom. The first-order valence-electron chi connectivity index (χ1n) is 9.76. The molecule has 0 spiro atoms. The Hall–Kier alpha value is -2.53. The fourth-order valence-corrected chi connectivity index (χ4v) is 3.65. The van der Waals surface area contributed by atoms with Gasteiger partial charge in [-0.25, -0.2) is 0 Å². The van der Waals surface area contributed by atoms with Gasteiger partial charge in [-0.3, -0.25) is 9.59 Å². The Balaban J connectivity index is 1.28. The number of nitrogens with one attached hydrogen (secondary N) is 1. The molecule has 2 aromatic rings. The molecule has 0 bridgehead atoms. The molecule has 2 aliphatic rings. The van der Waals surface area contributed by atoms with E-state index < -0.39 is 0 Å². The quantitative estimate of drug-likeness (QED) is 0.839. The SMILES string of the molecule is O=C(Cc1ccc(Cl)cc1)Nc1ccc(N2CCN(C(=O)C3CC3)CC2)cc1.